The molecule has 0 spiro atoms. The van der Waals surface area contributed by atoms with Crippen molar-refractivity contribution < 1.29 is 28.9 Å². The molecule has 0 bridgehead atoms. The Labute approximate surface area is 327 Å². The molecule has 0 aliphatic carbocycles. The van der Waals surface area contributed by atoms with Gasteiger partial charge >= 0.3 is 158 Å². The van der Waals surface area contributed by atoms with Crippen LogP contribution in [0.1, 0.15) is 50.7 Å². The van der Waals surface area contributed by atoms with Crippen LogP contribution >= 0.6 is 0 Å². The first-order valence-corrected chi connectivity index (χ1v) is 25.5. The van der Waals surface area contributed by atoms with E-state index in [2.05, 4.69) is 158 Å². The van der Waals surface area contributed by atoms with Crippen LogP contribution in [-0.4, -0.2) is 23.2 Å². The summed E-state index contributed by atoms with van der Waals surface area (Å²) in [5.74, 6) is 8.14. The van der Waals surface area contributed by atoms with Gasteiger partial charge in [0.1, 0.15) is 5.58 Å². The van der Waals surface area contributed by atoms with Crippen molar-refractivity contribution in [2.24, 2.45) is 0 Å². The fraction of sp³-hybridized carbons (Fsp3) is 0.191. The van der Waals surface area contributed by atoms with Crippen molar-refractivity contribution in [3.63, 3.8) is 0 Å². The Morgan fingerprint density at radius 3 is 1.70 bits per heavy atom. The summed E-state index contributed by atoms with van der Waals surface area (Å²) < 4.78 is 14.2. The molecular weight excluding hydrogens is 889 g/mol. The van der Waals surface area contributed by atoms with Crippen LogP contribution in [0.2, 0.25) is 17.3 Å². The molecule has 4 aromatic heterocycles. The molecule has 0 fully saturated rings. The normalized spacial score (nSPS) is 11.9. The zero-order valence-corrected chi connectivity index (χ0v) is 35.7. The van der Waals surface area contributed by atoms with Crippen LogP contribution in [0.25, 0.3) is 77.2 Å². The second-order valence-electron chi connectivity index (χ2n) is 15.3. The topological polar surface area (TPSA) is 52.1 Å². The molecule has 9 aromatic rings. The van der Waals surface area contributed by atoms with E-state index in [4.69, 9.17) is 8.83 Å². The average molecular weight is 932 g/mol. The average Bonchev–Trinajstić information content (AvgIpc) is 3.73. The Balaban J connectivity index is 0.000000161. The Morgan fingerprint density at radius 2 is 1.09 bits per heavy atom. The molecule has 6 heteroatoms. The molecule has 0 N–H and O–H groups in total. The summed E-state index contributed by atoms with van der Waals surface area (Å²) in [6, 6.07) is 42.6. The van der Waals surface area contributed by atoms with Gasteiger partial charge in [-0.3, -0.25) is 0 Å². The molecule has 0 amide bonds. The van der Waals surface area contributed by atoms with Crippen LogP contribution in [0.15, 0.2) is 124 Å². The molecule has 0 aliphatic heterocycles. The predicted octanol–water partition coefficient (Wildman–Crippen LogP) is 12.8. The number of pyridine rings is 2. The van der Waals surface area contributed by atoms with Gasteiger partial charge in [0.05, 0.1) is 5.58 Å². The Kier molecular flexibility index (Phi) is 10.2. The first-order chi connectivity index (χ1) is 25.1. The maximum Gasteiger partial charge on any atom is 0 e. The van der Waals surface area contributed by atoms with E-state index in [-0.39, 0.29) is 20.1 Å². The SMILES string of the molecule is CC(C)c1ccnc(-c2[c-]ccc3c2oc2c4ccccc4ccc32)c1.CC(C)c1ccnc(-c2[c-]ccc3c2oc2c[c]([Ge]([CH3])([CH3])[CH3])ccc23)c1.[Ir]. The predicted molar refractivity (Wildman–Crippen MR) is 220 cm³/mol. The van der Waals surface area contributed by atoms with Crippen molar-refractivity contribution in [3.8, 4) is 22.5 Å². The molecule has 0 atom stereocenters. The first kappa shape index (κ1) is 36.8. The van der Waals surface area contributed by atoms with E-state index in [1.807, 2.05) is 24.5 Å². The van der Waals surface area contributed by atoms with Crippen molar-refractivity contribution >= 4 is 72.3 Å². The number of rotatable bonds is 5. The van der Waals surface area contributed by atoms with Crippen LogP contribution in [0.5, 0.6) is 0 Å². The number of fused-ring (bicyclic) bond motifs is 8. The van der Waals surface area contributed by atoms with E-state index < -0.39 is 13.3 Å². The van der Waals surface area contributed by atoms with Crippen LogP contribution in [0, 0.1) is 12.1 Å². The smallest absolute Gasteiger partial charge is 0 e. The zero-order chi connectivity index (χ0) is 36.1. The van der Waals surface area contributed by atoms with Crippen molar-refractivity contribution in [2.75, 3.05) is 0 Å². The van der Waals surface area contributed by atoms with Gasteiger partial charge in [0.2, 0.25) is 0 Å². The summed E-state index contributed by atoms with van der Waals surface area (Å²) in [7, 11) is 0. The third-order valence-electron chi connectivity index (χ3n) is 10.0. The molecule has 9 rings (SSSR count). The van der Waals surface area contributed by atoms with Crippen molar-refractivity contribution in [1.82, 2.24) is 9.97 Å². The molecule has 0 saturated carbocycles. The molecule has 5 aromatic carbocycles. The molecule has 4 nitrogen and oxygen atoms in total. The number of benzene rings is 5. The van der Waals surface area contributed by atoms with Crippen molar-refractivity contribution in [1.29, 1.82) is 0 Å². The number of hydrogen-bond acceptors (Lipinski definition) is 4. The van der Waals surface area contributed by atoms with Gasteiger partial charge in [-0.25, -0.2) is 0 Å². The van der Waals surface area contributed by atoms with Crippen LogP contribution in [0.4, 0.5) is 0 Å². The van der Waals surface area contributed by atoms with Gasteiger partial charge in [-0.05, 0) is 23.1 Å². The standard InChI is InChI=1S/C24H18NO.C23H24GeNO.Ir/c1-15(2)17-12-13-25-22(14-17)21-9-5-8-19-20-11-10-16-6-3-4-7-18(16)23(20)26-24(19)21;1-15(2)16-11-12-25-21(13-16)20-8-6-7-19-18-10-9-17(24(3,4)5)14-22(18)26-23(19)20;/h3-8,10-15H,1-2H3;6-7,9-15H,1-5H3;/q2*-1;. The van der Waals surface area contributed by atoms with Crippen LogP contribution in [0.3, 0.4) is 0 Å². The van der Waals surface area contributed by atoms with E-state index in [0.29, 0.717) is 11.8 Å². The van der Waals surface area contributed by atoms with E-state index in [1.165, 1.54) is 26.3 Å². The molecule has 1 radical (unpaired) electrons. The monoisotopic (exact) mass is 933 g/mol. The maximum absolute atomic E-state index is 6.38. The van der Waals surface area contributed by atoms with Gasteiger partial charge in [-0.2, -0.15) is 0 Å². The zero-order valence-electron chi connectivity index (χ0n) is 31.2. The summed E-state index contributed by atoms with van der Waals surface area (Å²) >= 11 is -1.89. The molecule has 4 heterocycles. The summed E-state index contributed by atoms with van der Waals surface area (Å²) in [6.45, 7) is 8.78. The van der Waals surface area contributed by atoms with Crippen molar-refractivity contribution in [2.45, 2.75) is 56.8 Å². The summed E-state index contributed by atoms with van der Waals surface area (Å²) in [5.41, 5.74) is 9.88. The summed E-state index contributed by atoms with van der Waals surface area (Å²) in [6.07, 6.45) is 3.75. The van der Waals surface area contributed by atoms with Gasteiger partial charge in [0.15, 0.2) is 0 Å². The second-order valence-corrected chi connectivity index (χ2v) is 25.9. The van der Waals surface area contributed by atoms with E-state index in [0.717, 1.165) is 66.4 Å². The van der Waals surface area contributed by atoms with Gasteiger partial charge in [0.25, 0.3) is 0 Å². The Morgan fingerprint density at radius 1 is 0.547 bits per heavy atom. The quantitative estimate of drug-likeness (QED) is 0.127. The van der Waals surface area contributed by atoms with Crippen LogP contribution in [-0.2, 0) is 20.1 Å². The molecular formula is C47H42GeIrN2O2-2. The minimum absolute atomic E-state index is 0. The van der Waals surface area contributed by atoms with E-state index >= 15 is 0 Å². The maximum atomic E-state index is 6.38. The molecule has 267 valence electrons. The van der Waals surface area contributed by atoms with Crippen molar-refractivity contribution in [3.05, 3.63) is 139 Å². The Bertz CT molecular complexity index is 2750. The molecule has 0 aliphatic rings. The van der Waals surface area contributed by atoms with Gasteiger partial charge in [0, 0.05) is 37.1 Å². The van der Waals surface area contributed by atoms with Gasteiger partial charge in [-0.15, -0.1) is 18.2 Å². The fourth-order valence-corrected chi connectivity index (χ4v) is 9.35. The first-order valence-electron chi connectivity index (χ1n) is 18.1. The number of hydrogen-bond donors (Lipinski definition) is 0. The van der Waals surface area contributed by atoms with E-state index in [1.54, 1.807) is 0 Å². The largest absolute Gasteiger partial charge is 0 e. The molecule has 53 heavy (non-hydrogen) atoms. The number of furan rings is 2. The van der Waals surface area contributed by atoms with E-state index in [9.17, 15) is 0 Å². The molecule has 0 unspecified atom stereocenters. The third kappa shape index (κ3) is 6.99. The fourth-order valence-electron chi connectivity index (χ4n) is 6.94. The van der Waals surface area contributed by atoms with Crippen LogP contribution < -0.4 is 4.40 Å². The summed E-state index contributed by atoms with van der Waals surface area (Å²) in [4.78, 5) is 9.17. The summed E-state index contributed by atoms with van der Waals surface area (Å²) in [5, 5.41) is 6.87. The second kappa shape index (κ2) is 14.7. The molecule has 0 saturated heterocycles. The third-order valence-corrected chi connectivity index (χ3v) is 14.3. The minimum Gasteiger partial charge on any atom is 0 e. The number of aromatic nitrogens is 2. The van der Waals surface area contributed by atoms with Gasteiger partial charge in [-0.1, -0.05) is 72.8 Å². The minimum atomic E-state index is -1.89. The Hall–Kier alpha value is -4.55. The van der Waals surface area contributed by atoms with Gasteiger partial charge < -0.3 is 9.40 Å². The number of nitrogens with zero attached hydrogens (tertiary/aromatic N) is 2.